The molecule has 1 saturated heterocycles. The van der Waals surface area contributed by atoms with Gasteiger partial charge in [-0.1, -0.05) is 61.7 Å². The summed E-state index contributed by atoms with van der Waals surface area (Å²) in [7, 11) is -3.90. The fourth-order valence-corrected chi connectivity index (χ4v) is 6.56. The average molecular weight is 459 g/mol. The van der Waals surface area contributed by atoms with Crippen LogP contribution in [-0.2, 0) is 14.8 Å². The monoisotopic (exact) mass is 458 g/mol. The highest BCUT2D eigenvalue weighted by Crippen LogP contribution is 2.35. The first-order valence-corrected chi connectivity index (χ1v) is 13.0. The number of benzene rings is 2. The van der Waals surface area contributed by atoms with Crippen molar-refractivity contribution in [3.63, 3.8) is 0 Å². The second-order valence-electron chi connectivity index (χ2n) is 8.90. The molecule has 1 aliphatic carbocycles. The largest absolute Gasteiger partial charge is 0.349 e. The number of nitrogens with one attached hydrogen (secondary N) is 1. The summed E-state index contributed by atoms with van der Waals surface area (Å²) in [6.07, 6.45) is 6.73. The lowest BCUT2D eigenvalue weighted by Crippen LogP contribution is -2.44. The SMILES string of the molecule is O=C(NC(c1ccccc1)C1CCCCC1)C1CCN(S(=O)(=O)c2ccccc2F)CC1. The first-order chi connectivity index (χ1) is 15.5. The van der Waals surface area contributed by atoms with E-state index in [2.05, 4.69) is 17.4 Å². The van der Waals surface area contributed by atoms with Gasteiger partial charge in [0.15, 0.2) is 0 Å². The predicted molar refractivity (Wildman–Crippen MR) is 122 cm³/mol. The Morgan fingerprint density at radius 1 is 0.906 bits per heavy atom. The predicted octanol–water partition coefficient (Wildman–Crippen LogP) is 4.66. The van der Waals surface area contributed by atoms with Crippen molar-refractivity contribution in [2.24, 2.45) is 11.8 Å². The summed E-state index contributed by atoms with van der Waals surface area (Å²) in [5, 5.41) is 3.30. The van der Waals surface area contributed by atoms with E-state index >= 15 is 0 Å². The second kappa shape index (κ2) is 10.1. The molecule has 1 amide bonds. The molecule has 2 fully saturated rings. The highest BCUT2D eigenvalue weighted by atomic mass is 32.2. The van der Waals surface area contributed by atoms with E-state index in [1.54, 1.807) is 0 Å². The Balaban J connectivity index is 1.41. The van der Waals surface area contributed by atoms with E-state index in [1.165, 1.54) is 41.8 Å². The molecule has 1 unspecified atom stereocenters. The van der Waals surface area contributed by atoms with E-state index < -0.39 is 15.8 Å². The standard InChI is InChI=1S/C25H31FN2O3S/c26-22-13-7-8-14-23(22)32(30,31)28-17-15-21(16-18-28)25(29)27-24(19-9-3-1-4-10-19)20-11-5-2-6-12-20/h1,3-4,7-10,13-14,20-21,24H,2,5-6,11-12,15-18H2,(H,27,29). The molecular weight excluding hydrogens is 427 g/mol. The van der Waals surface area contributed by atoms with Crippen LogP contribution in [0.2, 0.25) is 0 Å². The fraction of sp³-hybridized carbons (Fsp3) is 0.480. The Hall–Kier alpha value is -2.25. The minimum atomic E-state index is -3.90. The molecule has 0 aromatic heterocycles. The van der Waals surface area contributed by atoms with Crippen molar-refractivity contribution in [3.05, 3.63) is 66.0 Å². The second-order valence-corrected chi connectivity index (χ2v) is 10.8. The molecule has 7 heteroatoms. The van der Waals surface area contributed by atoms with Crippen molar-refractivity contribution in [2.45, 2.75) is 55.9 Å². The molecule has 1 atom stereocenters. The normalized spacial score (nSPS) is 20.0. The zero-order valence-electron chi connectivity index (χ0n) is 18.3. The van der Waals surface area contributed by atoms with Gasteiger partial charge in [-0.25, -0.2) is 12.8 Å². The number of rotatable bonds is 6. The third-order valence-electron chi connectivity index (χ3n) is 6.86. The van der Waals surface area contributed by atoms with Crippen LogP contribution in [0.5, 0.6) is 0 Å². The first kappa shape index (κ1) is 22.9. The molecule has 4 rings (SSSR count). The highest BCUT2D eigenvalue weighted by Gasteiger charge is 2.35. The van der Waals surface area contributed by atoms with Crippen molar-refractivity contribution in [3.8, 4) is 0 Å². The van der Waals surface area contributed by atoms with Gasteiger partial charge in [-0.15, -0.1) is 0 Å². The Bertz CT molecular complexity index is 1010. The van der Waals surface area contributed by atoms with Crippen molar-refractivity contribution >= 4 is 15.9 Å². The lowest BCUT2D eigenvalue weighted by Gasteiger charge is -2.34. The zero-order valence-corrected chi connectivity index (χ0v) is 19.1. The molecule has 0 radical (unpaired) electrons. The molecule has 0 spiro atoms. The minimum Gasteiger partial charge on any atom is -0.349 e. The maximum atomic E-state index is 14.1. The van der Waals surface area contributed by atoms with Gasteiger partial charge < -0.3 is 5.32 Å². The molecule has 1 saturated carbocycles. The molecule has 2 aromatic rings. The maximum absolute atomic E-state index is 14.1. The van der Waals surface area contributed by atoms with Crippen LogP contribution in [-0.4, -0.2) is 31.7 Å². The third kappa shape index (κ3) is 5.04. The number of carbonyl (C=O) groups is 1. The van der Waals surface area contributed by atoms with Crippen LogP contribution in [0.15, 0.2) is 59.5 Å². The number of piperidine rings is 1. The molecule has 0 bridgehead atoms. The summed E-state index contributed by atoms with van der Waals surface area (Å²) in [5.41, 5.74) is 1.13. The maximum Gasteiger partial charge on any atom is 0.245 e. The van der Waals surface area contributed by atoms with E-state index in [4.69, 9.17) is 0 Å². The van der Waals surface area contributed by atoms with Crippen LogP contribution >= 0.6 is 0 Å². The van der Waals surface area contributed by atoms with E-state index in [-0.39, 0.29) is 35.9 Å². The van der Waals surface area contributed by atoms with Gasteiger partial charge in [-0.2, -0.15) is 4.31 Å². The lowest BCUT2D eigenvalue weighted by atomic mass is 9.80. The number of sulfonamides is 1. The lowest BCUT2D eigenvalue weighted by molar-refractivity contribution is -0.127. The molecule has 1 N–H and O–H groups in total. The number of nitrogens with zero attached hydrogens (tertiary/aromatic N) is 1. The van der Waals surface area contributed by atoms with Gasteiger partial charge in [-0.05, 0) is 49.3 Å². The summed E-state index contributed by atoms with van der Waals surface area (Å²) in [4.78, 5) is 12.9. The molecule has 2 aromatic carbocycles. The molecule has 2 aliphatic rings. The quantitative estimate of drug-likeness (QED) is 0.684. The van der Waals surface area contributed by atoms with Crippen molar-refractivity contribution in [1.82, 2.24) is 9.62 Å². The van der Waals surface area contributed by atoms with Gasteiger partial charge in [0, 0.05) is 19.0 Å². The summed E-state index contributed by atoms with van der Waals surface area (Å²) in [6.45, 7) is 0.433. The van der Waals surface area contributed by atoms with Crippen molar-refractivity contribution < 1.29 is 17.6 Å². The third-order valence-corrected chi connectivity index (χ3v) is 8.79. The fourth-order valence-electron chi connectivity index (χ4n) is 5.02. The molecule has 172 valence electrons. The minimum absolute atomic E-state index is 0.00707. The van der Waals surface area contributed by atoms with E-state index in [9.17, 15) is 17.6 Å². The Morgan fingerprint density at radius 2 is 1.53 bits per heavy atom. The van der Waals surface area contributed by atoms with Gasteiger partial charge in [0.1, 0.15) is 10.7 Å². The van der Waals surface area contributed by atoms with Gasteiger partial charge in [-0.3, -0.25) is 4.79 Å². The Morgan fingerprint density at radius 3 is 2.19 bits per heavy atom. The molecule has 1 heterocycles. The van der Waals surface area contributed by atoms with Gasteiger partial charge in [0.25, 0.3) is 0 Å². The van der Waals surface area contributed by atoms with E-state index in [1.807, 2.05) is 18.2 Å². The Labute approximate surface area is 190 Å². The van der Waals surface area contributed by atoms with E-state index in [0.717, 1.165) is 24.5 Å². The number of hydrogen-bond acceptors (Lipinski definition) is 3. The van der Waals surface area contributed by atoms with Crippen LogP contribution in [0, 0.1) is 17.7 Å². The summed E-state index contributed by atoms with van der Waals surface area (Å²) in [5.74, 6) is -0.564. The van der Waals surface area contributed by atoms with Crippen LogP contribution in [0.1, 0.15) is 56.6 Å². The highest BCUT2D eigenvalue weighted by molar-refractivity contribution is 7.89. The van der Waals surface area contributed by atoms with Crippen LogP contribution in [0.25, 0.3) is 0 Å². The molecule has 32 heavy (non-hydrogen) atoms. The number of hydrogen-bond donors (Lipinski definition) is 1. The van der Waals surface area contributed by atoms with Gasteiger partial charge in [0.05, 0.1) is 6.04 Å². The zero-order chi connectivity index (χ0) is 22.6. The van der Waals surface area contributed by atoms with Gasteiger partial charge in [0.2, 0.25) is 15.9 Å². The summed E-state index contributed by atoms with van der Waals surface area (Å²) in [6, 6.07) is 15.6. The van der Waals surface area contributed by atoms with Crippen molar-refractivity contribution in [1.29, 1.82) is 0 Å². The van der Waals surface area contributed by atoms with E-state index in [0.29, 0.717) is 18.8 Å². The van der Waals surface area contributed by atoms with Crippen LogP contribution in [0.4, 0.5) is 4.39 Å². The van der Waals surface area contributed by atoms with Crippen LogP contribution < -0.4 is 5.32 Å². The van der Waals surface area contributed by atoms with Crippen molar-refractivity contribution in [2.75, 3.05) is 13.1 Å². The van der Waals surface area contributed by atoms with Crippen LogP contribution in [0.3, 0.4) is 0 Å². The molecule has 5 nitrogen and oxygen atoms in total. The summed E-state index contributed by atoms with van der Waals surface area (Å²) >= 11 is 0. The number of halogens is 1. The number of amides is 1. The topological polar surface area (TPSA) is 66.5 Å². The Kier molecular flexibility index (Phi) is 7.26. The average Bonchev–Trinajstić information content (AvgIpc) is 2.84. The smallest absolute Gasteiger partial charge is 0.245 e. The summed E-state index contributed by atoms with van der Waals surface area (Å²) < 4.78 is 41.0. The molecular formula is C25H31FN2O3S. The van der Waals surface area contributed by atoms with Gasteiger partial charge >= 0.3 is 0 Å². The molecule has 1 aliphatic heterocycles. The number of carbonyl (C=O) groups excluding carboxylic acids is 1. The first-order valence-electron chi connectivity index (χ1n) is 11.6.